The van der Waals surface area contributed by atoms with Gasteiger partial charge in [-0.25, -0.2) is 17.8 Å². The normalized spacial score (nSPS) is 11.6. The van der Waals surface area contributed by atoms with E-state index in [1.54, 1.807) is 24.7 Å². The molecule has 1 heterocycles. The summed E-state index contributed by atoms with van der Waals surface area (Å²) in [6.45, 7) is 3.72. The molecule has 9 heteroatoms. The molecule has 0 aliphatic carbocycles. The van der Waals surface area contributed by atoms with Gasteiger partial charge in [-0.05, 0) is 55.8 Å². The second-order valence-electron chi connectivity index (χ2n) is 6.72. The van der Waals surface area contributed by atoms with E-state index in [4.69, 9.17) is 11.6 Å². The third-order valence-corrected chi connectivity index (χ3v) is 6.03. The fourth-order valence-corrected chi connectivity index (χ4v) is 4.17. The Labute approximate surface area is 174 Å². The Hall–Kier alpha value is -2.68. The lowest BCUT2D eigenvalue weighted by Crippen LogP contribution is -2.30. The van der Waals surface area contributed by atoms with Crippen LogP contribution < -0.4 is 10.0 Å². The highest BCUT2D eigenvalue weighted by Crippen LogP contribution is 2.21. The van der Waals surface area contributed by atoms with E-state index in [0.717, 1.165) is 11.3 Å². The zero-order valence-electron chi connectivity index (χ0n) is 16.0. The van der Waals surface area contributed by atoms with Gasteiger partial charge in [-0.2, -0.15) is 5.10 Å². The highest BCUT2D eigenvalue weighted by atomic mass is 35.5. The Bertz CT molecular complexity index is 1100. The molecule has 1 amide bonds. The maximum Gasteiger partial charge on any atom is 0.253 e. The largest absolute Gasteiger partial charge is 0.348 e. The molecule has 0 saturated carbocycles. The number of aromatic nitrogens is 2. The lowest BCUT2D eigenvalue weighted by Gasteiger charge is -2.12. The van der Waals surface area contributed by atoms with Gasteiger partial charge >= 0.3 is 0 Å². The third kappa shape index (κ3) is 5.23. The molecule has 0 unspecified atom stereocenters. The van der Waals surface area contributed by atoms with E-state index in [-0.39, 0.29) is 28.1 Å². The van der Waals surface area contributed by atoms with Gasteiger partial charge in [0.15, 0.2) is 0 Å². The van der Waals surface area contributed by atoms with E-state index in [9.17, 15) is 13.2 Å². The van der Waals surface area contributed by atoms with Crippen LogP contribution in [-0.2, 0) is 16.6 Å². The average molecular weight is 433 g/mol. The van der Waals surface area contributed by atoms with Gasteiger partial charge < -0.3 is 5.32 Å². The summed E-state index contributed by atoms with van der Waals surface area (Å²) in [6.07, 6.45) is 3.54. The fourth-order valence-electron chi connectivity index (χ4n) is 2.69. The predicted octanol–water partition coefficient (Wildman–Crippen LogP) is 3.14. The van der Waals surface area contributed by atoms with Gasteiger partial charge in [0.25, 0.3) is 5.91 Å². The van der Waals surface area contributed by atoms with E-state index in [1.807, 2.05) is 36.5 Å². The van der Waals surface area contributed by atoms with Crippen molar-refractivity contribution in [3.05, 3.63) is 77.1 Å². The summed E-state index contributed by atoms with van der Waals surface area (Å²) in [6, 6.07) is 13.2. The number of hydrogen-bond acceptors (Lipinski definition) is 4. The van der Waals surface area contributed by atoms with E-state index >= 15 is 0 Å². The number of hydrogen-bond donors (Lipinski definition) is 2. The first-order valence-corrected chi connectivity index (χ1v) is 10.8. The molecule has 3 rings (SSSR count). The first-order chi connectivity index (χ1) is 13.8. The fraction of sp³-hybridized carbons (Fsp3) is 0.200. The summed E-state index contributed by atoms with van der Waals surface area (Å²) in [5.74, 6) is -0.451. The number of carbonyl (C=O) groups is 1. The van der Waals surface area contributed by atoms with Crippen molar-refractivity contribution >= 4 is 27.5 Å². The van der Waals surface area contributed by atoms with Crippen molar-refractivity contribution in [3.8, 4) is 5.69 Å². The number of halogens is 1. The number of nitrogens with zero attached hydrogens (tertiary/aromatic N) is 2. The molecule has 0 spiro atoms. The van der Waals surface area contributed by atoms with Crippen molar-refractivity contribution in [1.29, 1.82) is 0 Å². The van der Waals surface area contributed by atoms with Crippen molar-refractivity contribution in [3.63, 3.8) is 0 Å². The number of sulfonamides is 1. The number of carbonyl (C=O) groups excluding carboxylic acids is 1. The Morgan fingerprint density at radius 3 is 2.52 bits per heavy atom. The molecule has 0 aliphatic rings. The minimum Gasteiger partial charge on any atom is -0.348 e. The second kappa shape index (κ2) is 8.77. The second-order valence-corrected chi connectivity index (χ2v) is 8.84. The van der Waals surface area contributed by atoms with E-state index in [0.29, 0.717) is 0 Å². The van der Waals surface area contributed by atoms with Gasteiger partial charge in [0.05, 0.1) is 21.2 Å². The number of benzene rings is 2. The lowest BCUT2D eigenvalue weighted by atomic mass is 10.2. The monoisotopic (exact) mass is 432 g/mol. The van der Waals surface area contributed by atoms with Crippen molar-refractivity contribution in [2.75, 3.05) is 0 Å². The highest BCUT2D eigenvalue weighted by molar-refractivity contribution is 7.89. The maximum atomic E-state index is 12.6. The van der Waals surface area contributed by atoms with Crippen molar-refractivity contribution < 1.29 is 13.2 Å². The smallest absolute Gasteiger partial charge is 0.253 e. The summed E-state index contributed by atoms with van der Waals surface area (Å²) in [5.41, 5.74) is 1.89. The summed E-state index contributed by atoms with van der Waals surface area (Å²) >= 11 is 6.12. The van der Waals surface area contributed by atoms with Crippen LogP contribution in [0.3, 0.4) is 0 Å². The molecular formula is C20H21ClN4O3S. The van der Waals surface area contributed by atoms with Crippen molar-refractivity contribution in [1.82, 2.24) is 19.8 Å². The molecule has 1 aromatic heterocycles. The lowest BCUT2D eigenvalue weighted by molar-refractivity contribution is 0.0951. The van der Waals surface area contributed by atoms with Gasteiger partial charge in [-0.15, -0.1) is 0 Å². The average Bonchev–Trinajstić information content (AvgIpc) is 3.20. The van der Waals surface area contributed by atoms with Gasteiger partial charge in [0.1, 0.15) is 0 Å². The summed E-state index contributed by atoms with van der Waals surface area (Å²) < 4.78 is 28.9. The summed E-state index contributed by atoms with van der Waals surface area (Å²) in [7, 11) is -3.72. The molecule has 2 N–H and O–H groups in total. The third-order valence-electron chi connectivity index (χ3n) is 4.04. The van der Waals surface area contributed by atoms with E-state index in [1.165, 1.54) is 18.2 Å². The van der Waals surface area contributed by atoms with Crippen molar-refractivity contribution in [2.24, 2.45) is 0 Å². The zero-order chi connectivity index (χ0) is 21.0. The molecule has 152 valence electrons. The van der Waals surface area contributed by atoms with Crippen LogP contribution in [0.2, 0.25) is 5.02 Å². The molecule has 0 saturated heterocycles. The zero-order valence-corrected chi connectivity index (χ0v) is 17.5. The SMILES string of the molecule is CC(C)NS(=O)(=O)c1ccc(Cl)c(C(=O)NCc2ccc(-n3cccn3)cc2)c1. The summed E-state index contributed by atoms with van der Waals surface area (Å²) in [4.78, 5) is 12.6. The maximum absolute atomic E-state index is 12.6. The molecule has 0 fully saturated rings. The summed E-state index contributed by atoms with van der Waals surface area (Å²) in [5, 5.41) is 7.11. The van der Waals surface area contributed by atoms with E-state index in [2.05, 4.69) is 15.1 Å². The van der Waals surface area contributed by atoms with Crippen LogP contribution in [0.1, 0.15) is 29.8 Å². The van der Waals surface area contributed by atoms with Crippen LogP contribution >= 0.6 is 11.6 Å². The standard InChI is InChI=1S/C20H21ClN4O3S/c1-14(2)24-29(27,28)17-8-9-19(21)18(12-17)20(26)22-13-15-4-6-16(7-5-15)25-11-3-10-23-25/h3-12,14,24H,13H2,1-2H3,(H,22,26). The van der Waals surface area contributed by atoms with Crippen LogP contribution in [0, 0.1) is 0 Å². The quantitative estimate of drug-likeness (QED) is 0.599. The highest BCUT2D eigenvalue weighted by Gasteiger charge is 2.19. The molecule has 0 atom stereocenters. The van der Waals surface area contributed by atoms with Crippen LogP contribution in [0.25, 0.3) is 5.69 Å². The van der Waals surface area contributed by atoms with Gasteiger partial charge in [0, 0.05) is 25.0 Å². The number of rotatable bonds is 7. The molecule has 2 aromatic carbocycles. The Morgan fingerprint density at radius 2 is 1.90 bits per heavy atom. The predicted molar refractivity (Wildman–Crippen MR) is 112 cm³/mol. The Balaban J connectivity index is 1.71. The molecule has 0 radical (unpaired) electrons. The molecular weight excluding hydrogens is 412 g/mol. The number of nitrogens with one attached hydrogen (secondary N) is 2. The molecule has 3 aromatic rings. The Morgan fingerprint density at radius 1 is 1.17 bits per heavy atom. The van der Waals surface area contributed by atoms with E-state index < -0.39 is 15.9 Å². The van der Waals surface area contributed by atoms with Crippen LogP contribution in [-0.4, -0.2) is 30.1 Å². The topological polar surface area (TPSA) is 93.1 Å². The van der Waals surface area contributed by atoms with Gasteiger partial charge in [0.2, 0.25) is 10.0 Å². The molecule has 0 bridgehead atoms. The van der Waals surface area contributed by atoms with Gasteiger partial charge in [-0.1, -0.05) is 23.7 Å². The van der Waals surface area contributed by atoms with Crippen molar-refractivity contribution in [2.45, 2.75) is 31.3 Å². The first kappa shape index (κ1) is 21.0. The van der Waals surface area contributed by atoms with Gasteiger partial charge in [-0.3, -0.25) is 4.79 Å². The molecule has 0 aliphatic heterocycles. The first-order valence-electron chi connectivity index (χ1n) is 8.95. The minimum absolute atomic E-state index is 0.00988. The molecule has 7 nitrogen and oxygen atoms in total. The Kier molecular flexibility index (Phi) is 6.36. The van der Waals surface area contributed by atoms with Crippen LogP contribution in [0.5, 0.6) is 0 Å². The van der Waals surface area contributed by atoms with Crippen LogP contribution in [0.15, 0.2) is 65.8 Å². The van der Waals surface area contributed by atoms with Crippen LogP contribution in [0.4, 0.5) is 0 Å². The minimum atomic E-state index is -3.72. The number of amides is 1. The molecule has 29 heavy (non-hydrogen) atoms.